The van der Waals surface area contributed by atoms with Crippen molar-refractivity contribution in [3.63, 3.8) is 0 Å². The van der Waals surface area contributed by atoms with Crippen LogP contribution >= 0.6 is 11.3 Å². The number of hydrogen-bond acceptors (Lipinski definition) is 6. The maximum atomic E-state index is 5.95. The van der Waals surface area contributed by atoms with Crippen molar-refractivity contribution >= 4 is 16.3 Å². The zero-order chi connectivity index (χ0) is 14.1. The Hall–Kier alpha value is -1.05. The first-order valence-electron chi connectivity index (χ1n) is 7.93. The van der Waals surface area contributed by atoms with Gasteiger partial charge in [-0.2, -0.15) is 9.61 Å². The molecule has 0 atom stereocenters. The topological polar surface area (TPSA) is 64.3 Å². The van der Waals surface area contributed by atoms with Gasteiger partial charge in [0.25, 0.3) is 0 Å². The van der Waals surface area contributed by atoms with Gasteiger partial charge < -0.3 is 10.1 Å². The van der Waals surface area contributed by atoms with Crippen molar-refractivity contribution in [2.45, 2.75) is 50.5 Å². The van der Waals surface area contributed by atoms with Gasteiger partial charge in [-0.05, 0) is 38.8 Å². The number of nitrogens with one attached hydrogen (secondary N) is 1. The molecule has 1 aliphatic carbocycles. The largest absolute Gasteiger partial charge is 0.378 e. The van der Waals surface area contributed by atoms with E-state index >= 15 is 0 Å². The summed E-state index contributed by atoms with van der Waals surface area (Å²) in [5, 5.41) is 17.7. The fourth-order valence-electron chi connectivity index (χ4n) is 2.97. The first-order valence-corrected chi connectivity index (χ1v) is 8.75. The summed E-state index contributed by atoms with van der Waals surface area (Å²) in [6, 6.07) is 0. The van der Waals surface area contributed by atoms with Gasteiger partial charge in [-0.25, -0.2) is 0 Å². The molecule has 21 heavy (non-hydrogen) atoms. The quantitative estimate of drug-likeness (QED) is 0.912. The van der Waals surface area contributed by atoms with Gasteiger partial charge in [-0.3, -0.25) is 0 Å². The lowest BCUT2D eigenvalue weighted by molar-refractivity contribution is 0.0348. The van der Waals surface area contributed by atoms with Crippen LogP contribution in [0.1, 0.15) is 48.9 Å². The van der Waals surface area contributed by atoms with Crippen LogP contribution in [0.5, 0.6) is 0 Å². The van der Waals surface area contributed by atoms with E-state index in [0.717, 1.165) is 54.8 Å². The lowest BCUT2D eigenvalue weighted by atomic mass is 9.85. The summed E-state index contributed by atoms with van der Waals surface area (Å²) in [7, 11) is 0. The normalized spacial score (nSPS) is 21.0. The van der Waals surface area contributed by atoms with Crippen molar-refractivity contribution in [3.8, 4) is 0 Å². The Morgan fingerprint density at radius 1 is 1.19 bits per heavy atom. The van der Waals surface area contributed by atoms with Crippen LogP contribution in [0, 0.1) is 0 Å². The summed E-state index contributed by atoms with van der Waals surface area (Å²) < 4.78 is 7.90. The van der Waals surface area contributed by atoms with Crippen molar-refractivity contribution in [2.24, 2.45) is 0 Å². The summed E-state index contributed by atoms with van der Waals surface area (Å²) in [6.07, 6.45) is 7.30. The predicted octanol–water partition coefficient (Wildman–Crippen LogP) is 1.76. The van der Waals surface area contributed by atoms with Crippen LogP contribution in [-0.2, 0) is 11.2 Å². The summed E-state index contributed by atoms with van der Waals surface area (Å²) in [4.78, 5) is 0.925. The molecule has 3 heterocycles. The van der Waals surface area contributed by atoms with E-state index in [2.05, 4.69) is 20.6 Å². The molecule has 0 spiro atoms. The average Bonchev–Trinajstić information content (AvgIpc) is 3.00. The molecule has 0 bridgehead atoms. The number of hydrogen-bond donors (Lipinski definition) is 1. The monoisotopic (exact) mass is 307 g/mol. The minimum atomic E-state index is 0.419. The van der Waals surface area contributed by atoms with Crippen LogP contribution in [0.3, 0.4) is 0 Å². The first-order chi connectivity index (χ1) is 10.4. The molecule has 4 rings (SSSR count). The molecular formula is C14H21N5OS. The van der Waals surface area contributed by atoms with Crippen LogP contribution in [0.25, 0.3) is 4.96 Å². The lowest BCUT2D eigenvalue weighted by Gasteiger charge is -2.22. The zero-order valence-corrected chi connectivity index (χ0v) is 12.9. The average molecular weight is 307 g/mol. The fourth-order valence-corrected chi connectivity index (χ4v) is 3.79. The van der Waals surface area contributed by atoms with E-state index in [-0.39, 0.29) is 0 Å². The van der Waals surface area contributed by atoms with E-state index in [4.69, 9.17) is 4.74 Å². The highest BCUT2D eigenvalue weighted by Gasteiger charge is 2.26. The second-order valence-electron chi connectivity index (χ2n) is 5.95. The minimum absolute atomic E-state index is 0.419. The van der Waals surface area contributed by atoms with E-state index in [9.17, 15) is 0 Å². The number of ether oxygens (including phenoxy) is 1. The van der Waals surface area contributed by atoms with E-state index in [1.807, 2.05) is 4.52 Å². The molecule has 2 aliphatic rings. The van der Waals surface area contributed by atoms with Crippen LogP contribution in [0.4, 0.5) is 0 Å². The maximum absolute atomic E-state index is 5.95. The van der Waals surface area contributed by atoms with Crippen molar-refractivity contribution < 1.29 is 4.74 Å². The minimum Gasteiger partial charge on any atom is -0.378 e. The highest BCUT2D eigenvalue weighted by Crippen LogP contribution is 2.35. The molecule has 0 radical (unpaired) electrons. The predicted molar refractivity (Wildman–Crippen MR) is 80.8 cm³/mol. The van der Waals surface area contributed by atoms with Crippen molar-refractivity contribution in [3.05, 3.63) is 10.8 Å². The number of fused-ring (bicyclic) bond motifs is 1. The van der Waals surface area contributed by atoms with Crippen molar-refractivity contribution in [1.82, 2.24) is 25.1 Å². The maximum Gasteiger partial charge on any atom is 0.234 e. The smallest absolute Gasteiger partial charge is 0.234 e. The van der Waals surface area contributed by atoms with Crippen LogP contribution in [0.2, 0.25) is 0 Å². The van der Waals surface area contributed by atoms with Crippen molar-refractivity contribution in [2.75, 3.05) is 19.7 Å². The Morgan fingerprint density at radius 2 is 2.05 bits per heavy atom. The molecule has 0 aromatic carbocycles. The fraction of sp³-hybridized carbons (Fsp3) is 0.786. The van der Waals surface area contributed by atoms with Gasteiger partial charge in [-0.15, -0.1) is 10.2 Å². The van der Waals surface area contributed by atoms with Gasteiger partial charge >= 0.3 is 0 Å². The van der Waals surface area contributed by atoms with E-state index in [1.165, 1.54) is 19.3 Å². The van der Waals surface area contributed by atoms with Crippen molar-refractivity contribution in [1.29, 1.82) is 0 Å². The summed E-state index contributed by atoms with van der Waals surface area (Å²) >= 11 is 1.64. The molecule has 2 aromatic heterocycles. The molecule has 1 N–H and O–H groups in total. The zero-order valence-electron chi connectivity index (χ0n) is 12.1. The Balaban J connectivity index is 1.36. The van der Waals surface area contributed by atoms with Gasteiger partial charge in [0.1, 0.15) is 5.01 Å². The molecule has 1 aliphatic heterocycles. The molecule has 2 aromatic rings. The highest BCUT2D eigenvalue weighted by atomic mass is 32.1. The molecule has 6 nitrogen and oxygen atoms in total. The van der Waals surface area contributed by atoms with E-state index in [0.29, 0.717) is 12.0 Å². The number of aromatic nitrogens is 4. The van der Waals surface area contributed by atoms with E-state index in [1.54, 1.807) is 11.3 Å². The molecule has 1 saturated heterocycles. The molecule has 114 valence electrons. The molecule has 1 saturated carbocycles. The van der Waals surface area contributed by atoms with Crippen LogP contribution in [-0.4, -0.2) is 45.6 Å². The van der Waals surface area contributed by atoms with E-state index < -0.39 is 0 Å². The van der Waals surface area contributed by atoms with Crippen LogP contribution < -0.4 is 5.32 Å². The molecule has 0 amide bonds. The molecular weight excluding hydrogens is 286 g/mol. The number of nitrogens with zero attached hydrogens (tertiary/aromatic N) is 4. The van der Waals surface area contributed by atoms with Gasteiger partial charge in [0.15, 0.2) is 5.82 Å². The van der Waals surface area contributed by atoms with Gasteiger partial charge in [-0.1, -0.05) is 17.8 Å². The van der Waals surface area contributed by atoms with Gasteiger partial charge in [0, 0.05) is 12.3 Å². The third kappa shape index (κ3) is 2.82. The Morgan fingerprint density at radius 3 is 2.81 bits per heavy atom. The van der Waals surface area contributed by atoms with Gasteiger partial charge in [0.2, 0.25) is 4.96 Å². The first kappa shape index (κ1) is 13.6. The summed E-state index contributed by atoms with van der Waals surface area (Å²) in [5.74, 6) is 1.62. The number of rotatable bonds is 5. The third-order valence-corrected chi connectivity index (χ3v) is 5.44. The second kappa shape index (κ2) is 5.98. The molecule has 0 unspecified atom stereocenters. The van der Waals surface area contributed by atoms with Gasteiger partial charge in [0.05, 0.1) is 12.7 Å². The van der Waals surface area contributed by atoms with Crippen LogP contribution in [0.15, 0.2) is 0 Å². The third-order valence-electron chi connectivity index (χ3n) is 4.48. The molecule has 2 fully saturated rings. The lowest BCUT2D eigenvalue weighted by Crippen LogP contribution is -2.32. The highest BCUT2D eigenvalue weighted by molar-refractivity contribution is 7.16. The summed E-state index contributed by atoms with van der Waals surface area (Å²) in [5.41, 5.74) is 0. The Labute approximate surface area is 127 Å². The number of piperidine rings is 1. The Bertz CT molecular complexity index is 600. The summed E-state index contributed by atoms with van der Waals surface area (Å²) in [6.45, 7) is 2.91. The second-order valence-corrected chi connectivity index (χ2v) is 6.99. The standard InChI is InChI=1S/C14H21N5OS/c1-2-10(3-1)13-16-17-14-19(13)18-12(21-14)6-9-20-11-4-7-15-8-5-11/h10-11,15H,1-9H2. The molecule has 7 heteroatoms. The SMILES string of the molecule is C1CC(c2nnc3sc(CCOC4CCNCC4)nn23)C1. The Kier molecular flexibility index (Phi) is 3.87.